The quantitative estimate of drug-likeness (QED) is 0.539. The van der Waals surface area contributed by atoms with Crippen LogP contribution in [0.3, 0.4) is 0 Å². The van der Waals surface area contributed by atoms with Gasteiger partial charge in [0.05, 0.1) is 6.54 Å². The van der Waals surface area contributed by atoms with Gasteiger partial charge in [0.25, 0.3) is 0 Å². The fourth-order valence-electron chi connectivity index (χ4n) is 2.44. The average molecular weight is 350 g/mol. The van der Waals surface area contributed by atoms with Gasteiger partial charge < -0.3 is 10.6 Å². The molecule has 6 heteroatoms. The lowest BCUT2D eigenvalue weighted by Crippen LogP contribution is -2.19. The second kappa shape index (κ2) is 7.72. The number of thiocarbonyl (C=S) groups is 1. The van der Waals surface area contributed by atoms with Crippen molar-refractivity contribution >= 4 is 34.5 Å². The summed E-state index contributed by atoms with van der Waals surface area (Å²) >= 11 is 5.36. The summed E-state index contributed by atoms with van der Waals surface area (Å²) in [6.07, 6.45) is 3.69. The Kier molecular flexibility index (Phi) is 5.20. The first-order valence-corrected chi connectivity index (χ1v) is 8.26. The van der Waals surface area contributed by atoms with Crippen LogP contribution in [0.5, 0.6) is 0 Å². The average Bonchev–Trinajstić information content (AvgIpc) is 3.08. The van der Waals surface area contributed by atoms with E-state index in [1.807, 2.05) is 53.3 Å². The molecule has 1 aromatic heterocycles. The first-order valence-electron chi connectivity index (χ1n) is 7.85. The molecule has 0 bridgehead atoms. The second-order valence-electron chi connectivity index (χ2n) is 5.62. The van der Waals surface area contributed by atoms with E-state index >= 15 is 0 Å². The van der Waals surface area contributed by atoms with Crippen molar-refractivity contribution in [3.63, 3.8) is 0 Å². The maximum Gasteiger partial charge on any atom is 0.175 e. The molecule has 0 aliphatic carbocycles. The maximum absolute atomic E-state index is 11.5. The van der Waals surface area contributed by atoms with E-state index in [2.05, 4.69) is 15.7 Å². The minimum Gasteiger partial charge on any atom is -0.332 e. The van der Waals surface area contributed by atoms with E-state index in [1.54, 1.807) is 25.3 Å². The fourth-order valence-corrected chi connectivity index (χ4v) is 2.67. The van der Waals surface area contributed by atoms with Gasteiger partial charge in [0, 0.05) is 29.3 Å². The summed E-state index contributed by atoms with van der Waals surface area (Å²) in [4.78, 5) is 11.5. The highest BCUT2D eigenvalue weighted by atomic mass is 32.1. The Morgan fingerprint density at radius 1 is 1.08 bits per heavy atom. The van der Waals surface area contributed by atoms with Gasteiger partial charge >= 0.3 is 0 Å². The Balaban J connectivity index is 1.65. The number of hydrogen-bond donors (Lipinski definition) is 2. The zero-order valence-corrected chi connectivity index (χ0v) is 14.6. The second-order valence-corrected chi connectivity index (χ2v) is 6.03. The Labute approximate surface area is 151 Å². The van der Waals surface area contributed by atoms with E-state index in [4.69, 9.17) is 12.2 Å². The molecule has 0 amide bonds. The molecule has 2 aromatic carbocycles. The molecule has 0 spiro atoms. The highest BCUT2D eigenvalue weighted by Gasteiger charge is 2.04. The highest BCUT2D eigenvalue weighted by Crippen LogP contribution is 2.14. The number of anilines is 2. The summed E-state index contributed by atoms with van der Waals surface area (Å²) in [6.45, 7) is 2.24. The predicted octanol–water partition coefficient (Wildman–Crippen LogP) is 3.94. The standard InChI is InChI=1S/C19H18N4OS/c1-14(24)16-6-3-8-18(12-16)22-19(25)21-17-7-2-5-15(11-17)13-23-10-4-9-20-23/h2-12H,13H2,1H3,(H2,21,22,25). The number of benzene rings is 2. The van der Waals surface area contributed by atoms with Crippen LogP contribution in [0.4, 0.5) is 11.4 Å². The molecule has 3 aromatic rings. The number of nitrogens with one attached hydrogen (secondary N) is 2. The van der Waals surface area contributed by atoms with Gasteiger partial charge in [-0.2, -0.15) is 5.10 Å². The number of aromatic nitrogens is 2. The Morgan fingerprint density at radius 2 is 1.80 bits per heavy atom. The van der Waals surface area contributed by atoms with Crippen LogP contribution < -0.4 is 10.6 Å². The molecule has 0 unspecified atom stereocenters. The van der Waals surface area contributed by atoms with Crippen molar-refractivity contribution in [2.24, 2.45) is 0 Å². The first kappa shape index (κ1) is 16.9. The van der Waals surface area contributed by atoms with Crippen molar-refractivity contribution in [2.75, 3.05) is 10.6 Å². The lowest BCUT2D eigenvalue weighted by Gasteiger charge is -2.12. The van der Waals surface area contributed by atoms with E-state index in [0.717, 1.165) is 16.9 Å². The van der Waals surface area contributed by atoms with Crippen LogP contribution in [0.2, 0.25) is 0 Å². The van der Waals surface area contributed by atoms with E-state index in [1.165, 1.54) is 0 Å². The van der Waals surface area contributed by atoms with Crippen molar-refractivity contribution in [3.8, 4) is 0 Å². The molecule has 0 fully saturated rings. The SMILES string of the molecule is CC(=O)c1cccc(NC(=S)Nc2cccc(Cn3cccn3)c2)c1. The van der Waals surface area contributed by atoms with Crippen LogP contribution in [0.25, 0.3) is 0 Å². The molecule has 0 saturated carbocycles. The number of hydrogen-bond acceptors (Lipinski definition) is 3. The number of ketones is 1. The zero-order chi connectivity index (χ0) is 17.6. The molecule has 0 aliphatic rings. The van der Waals surface area contributed by atoms with Crippen molar-refractivity contribution in [1.82, 2.24) is 9.78 Å². The topological polar surface area (TPSA) is 59.0 Å². The highest BCUT2D eigenvalue weighted by molar-refractivity contribution is 7.80. The molecule has 25 heavy (non-hydrogen) atoms. The van der Waals surface area contributed by atoms with Gasteiger partial charge in [-0.3, -0.25) is 9.48 Å². The molecule has 5 nitrogen and oxygen atoms in total. The van der Waals surface area contributed by atoms with Gasteiger partial charge in [-0.1, -0.05) is 24.3 Å². The summed E-state index contributed by atoms with van der Waals surface area (Å²) in [5.41, 5.74) is 3.44. The summed E-state index contributed by atoms with van der Waals surface area (Å²) in [7, 11) is 0. The molecule has 0 saturated heterocycles. The lowest BCUT2D eigenvalue weighted by atomic mass is 10.1. The van der Waals surface area contributed by atoms with Crippen molar-refractivity contribution < 1.29 is 4.79 Å². The Morgan fingerprint density at radius 3 is 2.48 bits per heavy atom. The third-order valence-corrected chi connectivity index (χ3v) is 3.82. The van der Waals surface area contributed by atoms with Crippen LogP contribution in [0.15, 0.2) is 67.0 Å². The summed E-state index contributed by atoms with van der Waals surface area (Å²) in [5.74, 6) is 0.0221. The monoisotopic (exact) mass is 350 g/mol. The van der Waals surface area contributed by atoms with E-state index in [9.17, 15) is 4.79 Å². The van der Waals surface area contributed by atoms with E-state index in [0.29, 0.717) is 17.2 Å². The van der Waals surface area contributed by atoms with Gasteiger partial charge in [-0.15, -0.1) is 0 Å². The third kappa shape index (κ3) is 4.74. The van der Waals surface area contributed by atoms with Crippen LogP contribution in [-0.4, -0.2) is 20.7 Å². The van der Waals surface area contributed by atoms with E-state index < -0.39 is 0 Å². The number of nitrogens with zero attached hydrogens (tertiary/aromatic N) is 2. The summed E-state index contributed by atoms with van der Waals surface area (Å²) < 4.78 is 1.86. The molecular weight excluding hydrogens is 332 g/mol. The molecule has 0 radical (unpaired) electrons. The first-order chi connectivity index (χ1) is 12.1. The number of carbonyl (C=O) groups is 1. The van der Waals surface area contributed by atoms with Crippen molar-refractivity contribution in [2.45, 2.75) is 13.5 Å². The number of rotatable bonds is 5. The smallest absolute Gasteiger partial charge is 0.175 e. The molecular formula is C19H18N4OS. The summed E-state index contributed by atoms with van der Waals surface area (Å²) in [5, 5.41) is 10.9. The Bertz CT molecular complexity index is 890. The lowest BCUT2D eigenvalue weighted by molar-refractivity contribution is 0.101. The van der Waals surface area contributed by atoms with Gasteiger partial charge in [-0.25, -0.2) is 0 Å². The van der Waals surface area contributed by atoms with Crippen LogP contribution in [-0.2, 0) is 6.54 Å². The molecule has 0 aliphatic heterocycles. The van der Waals surface area contributed by atoms with Crippen LogP contribution >= 0.6 is 12.2 Å². The summed E-state index contributed by atoms with van der Waals surface area (Å²) in [6, 6.07) is 17.2. The van der Waals surface area contributed by atoms with Crippen LogP contribution in [0.1, 0.15) is 22.8 Å². The van der Waals surface area contributed by atoms with Gasteiger partial charge in [0.1, 0.15) is 0 Å². The van der Waals surface area contributed by atoms with Gasteiger partial charge in [0.15, 0.2) is 10.9 Å². The van der Waals surface area contributed by atoms with Crippen LogP contribution in [0, 0.1) is 0 Å². The van der Waals surface area contributed by atoms with Gasteiger partial charge in [0.2, 0.25) is 0 Å². The minimum absolute atomic E-state index is 0.0221. The fraction of sp³-hybridized carbons (Fsp3) is 0.105. The number of Topliss-reactive ketones (excluding diaryl/α,β-unsaturated/α-hetero) is 1. The van der Waals surface area contributed by atoms with Gasteiger partial charge in [-0.05, 0) is 55.0 Å². The van der Waals surface area contributed by atoms with E-state index in [-0.39, 0.29) is 5.78 Å². The largest absolute Gasteiger partial charge is 0.332 e. The molecule has 126 valence electrons. The Hall–Kier alpha value is -2.99. The maximum atomic E-state index is 11.5. The molecule has 0 atom stereocenters. The zero-order valence-electron chi connectivity index (χ0n) is 13.8. The normalized spacial score (nSPS) is 10.3. The van der Waals surface area contributed by atoms with Crippen molar-refractivity contribution in [1.29, 1.82) is 0 Å². The van der Waals surface area contributed by atoms with Crippen molar-refractivity contribution in [3.05, 3.63) is 78.1 Å². The third-order valence-electron chi connectivity index (χ3n) is 3.62. The molecule has 1 heterocycles. The number of carbonyl (C=O) groups excluding carboxylic acids is 1. The molecule has 2 N–H and O–H groups in total. The molecule has 3 rings (SSSR count). The predicted molar refractivity (Wildman–Crippen MR) is 104 cm³/mol. The minimum atomic E-state index is 0.0221.